The molecule has 0 aliphatic carbocycles. The molecule has 2 fully saturated rings. The zero-order valence-electron chi connectivity index (χ0n) is 19.2. The highest BCUT2D eigenvalue weighted by Gasteiger charge is 2.40. The molecule has 0 spiro atoms. The van der Waals surface area contributed by atoms with Gasteiger partial charge in [0.25, 0.3) is 5.91 Å². The zero-order chi connectivity index (χ0) is 24.1. The van der Waals surface area contributed by atoms with E-state index >= 15 is 4.39 Å². The van der Waals surface area contributed by atoms with Crippen LogP contribution in [0, 0.1) is 5.82 Å². The summed E-state index contributed by atoms with van der Waals surface area (Å²) >= 11 is 0. The average molecular weight is 476 g/mol. The molecular weight excluding hydrogens is 449 g/mol. The van der Waals surface area contributed by atoms with Gasteiger partial charge in [-0.25, -0.2) is 4.39 Å². The van der Waals surface area contributed by atoms with Gasteiger partial charge in [0.1, 0.15) is 11.9 Å². The second kappa shape index (κ2) is 8.57. The molecule has 6 rings (SSSR count). The number of halogens is 1. The number of imide groups is 1. The molecule has 0 saturated carbocycles. The smallest absolute Gasteiger partial charge is 0.255 e. The lowest BCUT2D eigenvalue weighted by atomic mass is 9.87. The van der Waals surface area contributed by atoms with E-state index in [0.29, 0.717) is 17.5 Å². The molecule has 35 heavy (non-hydrogen) atoms. The fourth-order valence-electron chi connectivity index (χ4n) is 5.73. The van der Waals surface area contributed by atoms with Crippen LogP contribution < -0.4 is 5.32 Å². The molecule has 1 aromatic carbocycles. The lowest BCUT2D eigenvalue weighted by Gasteiger charge is -2.32. The van der Waals surface area contributed by atoms with Crippen molar-refractivity contribution in [1.82, 2.24) is 25.1 Å². The largest absolute Gasteiger partial charge is 0.360 e. The summed E-state index contributed by atoms with van der Waals surface area (Å²) in [6.07, 6.45) is 7.83. The Hall–Kier alpha value is -3.59. The van der Waals surface area contributed by atoms with Crippen molar-refractivity contribution >= 4 is 28.6 Å². The fraction of sp³-hybridized carbons (Fsp3) is 0.385. The Balaban J connectivity index is 1.14. The molecule has 8 nitrogen and oxygen atoms in total. The van der Waals surface area contributed by atoms with Crippen LogP contribution in [0.3, 0.4) is 0 Å². The SMILES string of the molecule is O=C1CCC(N2Cc3cc(C4CCN(Cc5c[nH]c6cnccc56)CC4)c(F)cc3C2=O)C(=O)N1. The Morgan fingerprint density at radius 2 is 1.94 bits per heavy atom. The quantitative estimate of drug-likeness (QED) is 0.566. The topological polar surface area (TPSA) is 98.4 Å². The number of rotatable bonds is 4. The first-order chi connectivity index (χ1) is 17.0. The lowest BCUT2D eigenvalue weighted by Crippen LogP contribution is -2.52. The van der Waals surface area contributed by atoms with Gasteiger partial charge in [-0.3, -0.25) is 29.6 Å². The molecule has 180 valence electrons. The number of nitrogens with one attached hydrogen (secondary N) is 2. The van der Waals surface area contributed by atoms with E-state index in [9.17, 15) is 14.4 Å². The number of H-pyrrole nitrogens is 1. The number of pyridine rings is 1. The number of aromatic nitrogens is 2. The highest BCUT2D eigenvalue weighted by molar-refractivity contribution is 6.05. The number of aromatic amines is 1. The first-order valence-corrected chi connectivity index (χ1v) is 12.1. The standard InChI is InChI=1S/C26H26FN5O3/c27-21-10-20-16(14-32(26(20)35)23-1-2-24(33)30-25(23)34)9-19(21)15-4-7-31(8-5-15)13-17-11-29-22-12-28-6-3-18(17)22/h3,6,9-12,15,23,29H,1-2,4-5,7-8,13-14H2,(H,30,33,34). The number of likely N-dealkylation sites (tertiary alicyclic amines) is 1. The Labute approximate surface area is 201 Å². The van der Waals surface area contributed by atoms with Crippen LogP contribution in [-0.4, -0.2) is 56.6 Å². The van der Waals surface area contributed by atoms with E-state index in [1.54, 1.807) is 6.20 Å². The maximum absolute atomic E-state index is 15.2. The van der Waals surface area contributed by atoms with E-state index in [2.05, 4.69) is 20.2 Å². The molecule has 2 aromatic heterocycles. The Bertz CT molecular complexity index is 1340. The highest BCUT2D eigenvalue weighted by atomic mass is 19.1. The van der Waals surface area contributed by atoms with E-state index in [4.69, 9.17) is 0 Å². The van der Waals surface area contributed by atoms with Gasteiger partial charge in [0.2, 0.25) is 11.8 Å². The summed E-state index contributed by atoms with van der Waals surface area (Å²) < 4.78 is 15.2. The molecule has 2 N–H and O–H groups in total. The van der Waals surface area contributed by atoms with Crippen molar-refractivity contribution in [2.45, 2.75) is 50.7 Å². The number of amides is 3. The van der Waals surface area contributed by atoms with Gasteiger partial charge in [0.15, 0.2) is 0 Å². The van der Waals surface area contributed by atoms with Gasteiger partial charge in [0.05, 0.1) is 11.7 Å². The number of nitrogens with zero attached hydrogens (tertiary/aromatic N) is 3. The maximum Gasteiger partial charge on any atom is 0.255 e. The molecule has 1 atom stereocenters. The number of piperidine rings is 2. The Morgan fingerprint density at radius 3 is 2.74 bits per heavy atom. The first kappa shape index (κ1) is 21.9. The molecule has 0 bridgehead atoms. The molecule has 0 radical (unpaired) electrons. The minimum absolute atomic E-state index is 0.0865. The summed E-state index contributed by atoms with van der Waals surface area (Å²) in [7, 11) is 0. The minimum atomic E-state index is -0.692. The zero-order valence-corrected chi connectivity index (χ0v) is 19.2. The van der Waals surface area contributed by atoms with E-state index in [-0.39, 0.29) is 36.5 Å². The maximum atomic E-state index is 15.2. The van der Waals surface area contributed by atoms with Gasteiger partial charge in [-0.15, -0.1) is 0 Å². The molecule has 3 amide bonds. The number of carbonyl (C=O) groups excluding carboxylic acids is 3. The second-order valence-corrected chi connectivity index (χ2v) is 9.72. The Kier molecular flexibility index (Phi) is 5.36. The van der Waals surface area contributed by atoms with Crippen LogP contribution in [0.25, 0.3) is 10.9 Å². The predicted molar refractivity (Wildman–Crippen MR) is 126 cm³/mol. The van der Waals surface area contributed by atoms with Crippen molar-refractivity contribution in [2.75, 3.05) is 13.1 Å². The molecule has 3 aliphatic heterocycles. The van der Waals surface area contributed by atoms with Crippen LogP contribution in [0.5, 0.6) is 0 Å². The van der Waals surface area contributed by atoms with Crippen LogP contribution in [-0.2, 0) is 22.7 Å². The monoisotopic (exact) mass is 475 g/mol. The highest BCUT2D eigenvalue weighted by Crippen LogP contribution is 2.36. The van der Waals surface area contributed by atoms with E-state index < -0.39 is 11.9 Å². The fourth-order valence-corrected chi connectivity index (χ4v) is 5.73. The third-order valence-electron chi connectivity index (χ3n) is 7.63. The van der Waals surface area contributed by atoms with Gasteiger partial charge in [-0.1, -0.05) is 6.07 Å². The van der Waals surface area contributed by atoms with Crippen LogP contribution in [0.1, 0.15) is 58.6 Å². The van der Waals surface area contributed by atoms with Gasteiger partial charge in [-0.2, -0.15) is 0 Å². The summed E-state index contributed by atoms with van der Waals surface area (Å²) in [4.78, 5) is 48.0. The first-order valence-electron chi connectivity index (χ1n) is 12.1. The predicted octanol–water partition coefficient (Wildman–Crippen LogP) is 2.84. The van der Waals surface area contributed by atoms with Crippen molar-refractivity contribution in [1.29, 1.82) is 0 Å². The molecule has 9 heteroatoms. The van der Waals surface area contributed by atoms with Crippen LogP contribution in [0.2, 0.25) is 0 Å². The van der Waals surface area contributed by atoms with Crippen molar-refractivity contribution in [3.63, 3.8) is 0 Å². The number of carbonyl (C=O) groups is 3. The average Bonchev–Trinajstić information content (AvgIpc) is 3.40. The number of benzene rings is 1. The van der Waals surface area contributed by atoms with Crippen molar-refractivity contribution in [2.24, 2.45) is 0 Å². The van der Waals surface area contributed by atoms with E-state index in [0.717, 1.165) is 43.6 Å². The van der Waals surface area contributed by atoms with Crippen LogP contribution in [0.15, 0.2) is 36.8 Å². The van der Waals surface area contributed by atoms with Gasteiger partial charge in [-0.05, 0) is 67.1 Å². The molecule has 2 saturated heterocycles. The van der Waals surface area contributed by atoms with Crippen LogP contribution in [0.4, 0.5) is 4.39 Å². The molecule has 3 aromatic rings. The number of hydrogen-bond donors (Lipinski definition) is 2. The third kappa shape index (κ3) is 3.89. The summed E-state index contributed by atoms with van der Waals surface area (Å²) in [5.74, 6) is -1.39. The summed E-state index contributed by atoms with van der Waals surface area (Å²) in [5, 5.41) is 3.48. The number of hydrogen-bond acceptors (Lipinski definition) is 5. The molecule has 1 unspecified atom stereocenters. The third-order valence-corrected chi connectivity index (χ3v) is 7.63. The summed E-state index contributed by atoms with van der Waals surface area (Å²) in [6, 6.07) is 4.49. The molecule has 3 aliphatic rings. The molecule has 5 heterocycles. The van der Waals surface area contributed by atoms with E-state index in [1.165, 1.54) is 21.9 Å². The molecular formula is C26H26FN5O3. The summed E-state index contributed by atoms with van der Waals surface area (Å²) in [5.41, 5.74) is 3.99. The minimum Gasteiger partial charge on any atom is -0.360 e. The van der Waals surface area contributed by atoms with Gasteiger partial charge >= 0.3 is 0 Å². The van der Waals surface area contributed by atoms with E-state index in [1.807, 2.05) is 24.5 Å². The Morgan fingerprint density at radius 1 is 1.11 bits per heavy atom. The van der Waals surface area contributed by atoms with Crippen molar-refractivity contribution in [3.8, 4) is 0 Å². The van der Waals surface area contributed by atoms with Crippen LogP contribution >= 0.6 is 0 Å². The van der Waals surface area contributed by atoms with Crippen molar-refractivity contribution < 1.29 is 18.8 Å². The van der Waals surface area contributed by atoms with Gasteiger partial charge < -0.3 is 9.88 Å². The normalized spacial score (nSPS) is 21.6. The second-order valence-electron chi connectivity index (χ2n) is 9.72. The number of fused-ring (bicyclic) bond motifs is 2. The van der Waals surface area contributed by atoms with Crippen molar-refractivity contribution in [3.05, 3.63) is 64.9 Å². The summed E-state index contributed by atoms with van der Waals surface area (Å²) in [6.45, 7) is 2.82. The van der Waals surface area contributed by atoms with Gasteiger partial charge in [0, 0.05) is 42.9 Å². The lowest BCUT2D eigenvalue weighted by molar-refractivity contribution is -0.136.